The molecule has 3 aliphatic rings. The summed E-state index contributed by atoms with van der Waals surface area (Å²) < 4.78 is 32.0. The van der Waals surface area contributed by atoms with Crippen LogP contribution < -0.4 is 10.2 Å². The van der Waals surface area contributed by atoms with Gasteiger partial charge in [0.1, 0.15) is 11.6 Å². The molecule has 12 heteroatoms. The van der Waals surface area contributed by atoms with Crippen molar-refractivity contribution in [3.8, 4) is 23.2 Å². The minimum absolute atomic E-state index is 0.0370. The first-order valence-corrected chi connectivity index (χ1v) is 15.2. The van der Waals surface area contributed by atoms with Crippen LogP contribution >= 0.6 is 0 Å². The number of ether oxygens (including phenoxy) is 1. The van der Waals surface area contributed by atoms with Crippen molar-refractivity contribution in [2.75, 3.05) is 29.9 Å². The minimum atomic E-state index is -3.46. The molecule has 41 heavy (non-hydrogen) atoms. The van der Waals surface area contributed by atoms with Crippen LogP contribution in [0.4, 0.5) is 17.3 Å². The van der Waals surface area contributed by atoms with E-state index in [4.69, 9.17) is 4.74 Å². The normalized spacial score (nSPS) is 17.9. The smallest absolute Gasteiger partial charge is 0.256 e. The molecule has 3 fully saturated rings. The van der Waals surface area contributed by atoms with Crippen LogP contribution in [0.2, 0.25) is 0 Å². The largest absolute Gasteiger partial charge is 0.375 e. The molecule has 0 unspecified atom stereocenters. The second-order valence-corrected chi connectivity index (χ2v) is 12.7. The Labute approximate surface area is 238 Å². The number of hydrogen-bond acceptors (Lipinski definition) is 10. The van der Waals surface area contributed by atoms with Gasteiger partial charge in [0, 0.05) is 49.5 Å². The number of hydrogen-bond donors (Lipinski definition) is 1. The van der Waals surface area contributed by atoms with Gasteiger partial charge in [0.05, 0.1) is 46.7 Å². The molecule has 2 saturated heterocycles. The van der Waals surface area contributed by atoms with Crippen LogP contribution in [0, 0.1) is 11.8 Å². The summed E-state index contributed by atoms with van der Waals surface area (Å²) in [5.74, 6) is 8.00. The van der Waals surface area contributed by atoms with E-state index < -0.39 is 10.0 Å². The number of piperidine rings is 1. The lowest BCUT2D eigenvalue weighted by molar-refractivity contribution is -0.158. The summed E-state index contributed by atoms with van der Waals surface area (Å²) in [5, 5.41) is 6.98. The Balaban J connectivity index is 1.15. The fourth-order valence-electron chi connectivity index (χ4n) is 5.16. The Morgan fingerprint density at radius 3 is 2.59 bits per heavy atom. The van der Waals surface area contributed by atoms with Crippen LogP contribution in [-0.2, 0) is 14.8 Å². The molecule has 0 atom stereocenters. The summed E-state index contributed by atoms with van der Waals surface area (Å²) in [7, 11) is -3.46. The van der Waals surface area contributed by atoms with Crippen molar-refractivity contribution in [2.24, 2.45) is 0 Å². The summed E-state index contributed by atoms with van der Waals surface area (Å²) >= 11 is 0. The lowest BCUT2D eigenvalue weighted by Gasteiger charge is -2.48. The molecule has 6 heterocycles. The average molecular weight is 569 g/mol. The minimum Gasteiger partial charge on any atom is -0.375 e. The van der Waals surface area contributed by atoms with Crippen LogP contribution in [0.5, 0.6) is 0 Å². The zero-order chi connectivity index (χ0) is 27.9. The number of rotatable bonds is 6. The number of nitrogens with zero attached hydrogens (tertiary/aromatic N) is 7. The van der Waals surface area contributed by atoms with Gasteiger partial charge in [-0.2, -0.15) is 9.19 Å². The molecule has 1 spiro atoms. The molecular weight excluding hydrogens is 540 g/mol. The van der Waals surface area contributed by atoms with Crippen molar-refractivity contribution in [2.45, 2.75) is 43.0 Å². The van der Waals surface area contributed by atoms with Crippen LogP contribution in [-0.4, -0.2) is 68.1 Å². The number of anilines is 3. The van der Waals surface area contributed by atoms with Crippen LogP contribution in [0.1, 0.15) is 43.2 Å². The predicted molar refractivity (Wildman–Crippen MR) is 153 cm³/mol. The van der Waals surface area contributed by atoms with Crippen molar-refractivity contribution in [1.82, 2.24) is 29.1 Å². The summed E-state index contributed by atoms with van der Waals surface area (Å²) in [5.41, 5.74) is 3.22. The van der Waals surface area contributed by atoms with E-state index in [2.05, 4.69) is 47.1 Å². The topological polar surface area (TPSA) is 128 Å². The number of pyridine rings is 2. The van der Waals surface area contributed by atoms with E-state index in [-0.39, 0.29) is 10.9 Å². The molecule has 11 nitrogen and oxygen atoms in total. The molecule has 0 aromatic carbocycles. The van der Waals surface area contributed by atoms with Gasteiger partial charge in [-0.15, -0.1) is 0 Å². The quantitative estimate of drug-likeness (QED) is 0.346. The van der Waals surface area contributed by atoms with Gasteiger partial charge in [-0.05, 0) is 50.3 Å². The molecule has 1 saturated carbocycles. The fraction of sp³-hybridized carbons (Fsp3) is 0.345. The van der Waals surface area contributed by atoms with Gasteiger partial charge in [-0.25, -0.2) is 23.4 Å². The van der Waals surface area contributed by atoms with E-state index in [0.29, 0.717) is 35.9 Å². The third kappa shape index (κ3) is 5.26. The Morgan fingerprint density at radius 2 is 1.85 bits per heavy atom. The lowest BCUT2D eigenvalue weighted by atomic mass is 9.84. The number of aromatic nitrogens is 6. The van der Waals surface area contributed by atoms with Gasteiger partial charge < -0.3 is 15.0 Å². The first-order valence-electron chi connectivity index (χ1n) is 13.7. The first-order chi connectivity index (χ1) is 20.0. The third-order valence-electron chi connectivity index (χ3n) is 7.80. The molecule has 7 rings (SSSR count). The average Bonchev–Trinajstić information content (AvgIpc) is 3.73. The molecule has 0 bridgehead atoms. The zero-order valence-corrected chi connectivity index (χ0v) is 23.1. The predicted octanol–water partition coefficient (Wildman–Crippen LogP) is 3.37. The molecular formula is C29H28N8O3S. The SMILES string of the molecule is O=S(=O)(C1CC1)n1cc(-c2nccc(Nc3cc(N4CCC5(CCO5)CC4)c(C#Cc4cccnc4)cn3)n2)cn1. The first kappa shape index (κ1) is 25.6. The third-order valence-corrected chi connectivity index (χ3v) is 9.84. The van der Waals surface area contributed by atoms with Gasteiger partial charge in [-0.3, -0.25) is 4.98 Å². The maximum Gasteiger partial charge on any atom is 0.256 e. The van der Waals surface area contributed by atoms with E-state index in [1.807, 2.05) is 18.2 Å². The molecule has 0 amide bonds. The molecule has 2 aliphatic heterocycles. The second kappa shape index (κ2) is 10.2. The Bertz CT molecular complexity index is 1750. The van der Waals surface area contributed by atoms with Crippen LogP contribution in [0.25, 0.3) is 11.4 Å². The van der Waals surface area contributed by atoms with Crippen molar-refractivity contribution in [3.63, 3.8) is 0 Å². The van der Waals surface area contributed by atoms with Crippen molar-refractivity contribution in [1.29, 1.82) is 0 Å². The van der Waals surface area contributed by atoms with Gasteiger partial charge in [0.25, 0.3) is 10.0 Å². The summed E-state index contributed by atoms with van der Waals surface area (Å²) in [6.07, 6.45) is 14.2. The molecule has 0 radical (unpaired) electrons. The molecule has 1 N–H and O–H groups in total. The van der Waals surface area contributed by atoms with Gasteiger partial charge >= 0.3 is 0 Å². The van der Waals surface area contributed by atoms with Crippen LogP contribution in [0.3, 0.4) is 0 Å². The highest BCUT2D eigenvalue weighted by Crippen LogP contribution is 2.39. The van der Waals surface area contributed by atoms with Gasteiger partial charge in [0.15, 0.2) is 5.82 Å². The Morgan fingerprint density at radius 1 is 1.00 bits per heavy atom. The Kier molecular flexibility index (Phi) is 6.40. The maximum absolute atomic E-state index is 12.5. The second-order valence-electron chi connectivity index (χ2n) is 10.6. The van der Waals surface area contributed by atoms with E-state index in [1.54, 1.807) is 30.9 Å². The summed E-state index contributed by atoms with van der Waals surface area (Å²) in [6.45, 7) is 2.59. The highest BCUT2D eigenvalue weighted by atomic mass is 32.2. The molecule has 4 aromatic rings. The summed E-state index contributed by atoms with van der Waals surface area (Å²) in [4.78, 5) is 20.0. The van der Waals surface area contributed by atoms with Crippen LogP contribution in [0.15, 0.2) is 61.4 Å². The monoisotopic (exact) mass is 568 g/mol. The Hall–Kier alpha value is -4.34. The van der Waals surface area contributed by atoms with Crippen molar-refractivity contribution >= 4 is 27.3 Å². The van der Waals surface area contributed by atoms with Gasteiger partial charge in [0.2, 0.25) is 0 Å². The van der Waals surface area contributed by atoms with E-state index in [9.17, 15) is 8.42 Å². The maximum atomic E-state index is 12.5. The highest BCUT2D eigenvalue weighted by molar-refractivity contribution is 7.90. The molecule has 208 valence electrons. The fourth-order valence-corrected chi connectivity index (χ4v) is 6.64. The summed E-state index contributed by atoms with van der Waals surface area (Å²) in [6, 6.07) is 7.53. The standard InChI is InChI=1S/C29H28N8O3S/c38-41(39,24-5-6-24)37-20-23(19-33-37)28-31-12-7-26(35-28)34-27-16-25(36-13-8-29(9-14-36)10-15-40-29)22(18-32-27)4-3-21-2-1-11-30-17-21/h1-2,7,11-12,16-20,24H,5-6,8-10,13-15H2,(H,31,32,34,35). The van der Waals surface area contributed by atoms with E-state index in [0.717, 1.165) is 59.9 Å². The zero-order valence-electron chi connectivity index (χ0n) is 22.3. The van der Waals surface area contributed by atoms with Gasteiger partial charge in [-0.1, -0.05) is 11.8 Å². The lowest BCUT2D eigenvalue weighted by Crippen LogP contribution is -2.52. The number of nitrogens with one attached hydrogen (secondary N) is 1. The van der Waals surface area contributed by atoms with Crippen molar-refractivity contribution in [3.05, 3.63) is 72.6 Å². The van der Waals surface area contributed by atoms with E-state index in [1.165, 1.54) is 12.4 Å². The molecule has 1 aliphatic carbocycles. The van der Waals surface area contributed by atoms with E-state index >= 15 is 0 Å². The van der Waals surface area contributed by atoms with Crippen molar-refractivity contribution < 1.29 is 13.2 Å². The molecule has 4 aromatic heterocycles. The highest BCUT2D eigenvalue weighted by Gasteiger charge is 2.41.